The van der Waals surface area contributed by atoms with Gasteiger partial charge in [-0.1, -0.05) is 6.42 Å². The van der Waals surface area contributed by atoms with Crippen molar-refractivity contribution in [3.63, 3.8) is 0 Å². The Kier molecular flexibility index (Phi) is 6.93. The van der Waals surface area contributed by atoms with Gasteiger partial charge in [0.15, 0.2) is 0 Å². The summed E-state index contributed by atoms with van der Waals surface area (Å²) in [6.45, 7) is 6.44. The standard InChI is InChI=1S/C17H28N4O3/c1-13-11-14(2)21(17(24)19-13)9-6-16(23)18-7-10-20-8-4-3-5-15(20)12-22/h11,15,22H,3-10,12H2,1-2H3,(H,18,23)/t15-/m1/s1. The molecular formula is C17H28N4O3. The van der Waals surface area contributed by atoms with Crippen LogP contribution >= 0.6 is 0 Å². The van der Waals surface area contributed by atoms with Crippen molar-refractivity contribution in [2.45, 2.75) is 52.1 Å². The molecule has 2 heterocycles. The number of carbonyl (C=O) groups excluding carboxylic acids is 1. The molecule has 1 aromatic rings. The van der Waals surface area contributed by atoms with Gasteiger partial charge < -0.3 is 10.4 Å². The largest absolute Gasteiger partial charge is 0.395 e. The van der Waals surface area contributed by atoms with E-state index in [0.29, 0.717) is 18.8 Å². The van der Waals surface area contributed by atoms with Crippen molar-refractivity contribution < 1.29 is 9.90 Å². The van der Waals surface area contributed by atoms with E-state index in [2.05, 4.69) is 15.2 Å². The molecule has 0 radical (unpaired) electrons. The summed E-state index contributed by atoms with van der Waals surface area (Å²) in [5.74, 6) is -0.0700. The molecule has 1 aliphatic heterocycles. The second-order valence-corrected chi connectivity index (χ2v) is 6.44. The molecule has 1 saturated heterocycles. The van der Waals surface area contributed by atoms with Crippen molar-refractivity contribution in [1.82, 2.24) is 19.8 Å². The van der Waals surface area contributed by atoms with Crippen LogP contribution in [0.2, 0.25) is 0 Å². The minimum atomic E-state index is -0.306. The first-order valence-corrected chi connectivity index (χ1v) is 8.68. The molecule has 0 bridgehead atoms. The van der Waals surface area contributed by atoms with Gasteiger partial charge in [-0.05, 0) is 39.3 Å². The fourth-order valence-corrected chi connectivity index (χ4v) is 3.25. The highest BCUT2D eigenvalue weighted by atomic mass is 16.3. The highest BCUT2D eigenvalue weighted by Gasteiger charge is 2.20. The van der Waals surface area contributed by atoms with E-state index >= 15 is 0 Å². The maximum absolute atomic E-state index is 12.0. The summed E-state index contributed by atoms with van der Waals surface area (Å²) in [5.41, 5.74) is 1.21. The quantitative estimate of drug-likeness (QED) is 0.743. The van der Waals surface area contributed by atoms with E-state index in [1.54, 1.807) is 6.92 Å². The normalized spacial score (nSPS) is 18.5. The number of likely N-dealkylation sites (tertiary alicyclic amines) is 1. The van der Waals surface area contributed by atoms with Crippen LogP contribution in [-0.4, -0.2) is 57.7 Å². The molecule has 1 amide bonds. The smallest absolute Gasteiger partial charge is 0.347 e. The lowest BCUT2D eigenvalue weighted by Crippen LogP contribution is -2.45. The predicted octanol–water partition coefficient (Wildman–Crippen LogP) is 0.213. The van der Waals surface area contributed by atoms with Crippen molar-refractivity contribution >= 4 is 5.91 Å². The van der Waals surface area contributed by atoms with E-state index in [0.717, 1.165) is 38.0 Å². The van der Waals surface area contributed by atoms with Crippen molar-refractivity contribution in [3.05, 3.63) is 27.9 Å². The lowest BCUT2D eigenvalue weighted by atomic mass is 10.0. The second kappa shape index (κ2) is 8.94. The van der Waals surface area contributed by atoms with Crippen LogP contribution in [0.15, 0.2) is 10.9 Å². The summed E-state index contributed by atoms with van der Waals surface area (Å²) in [5, 5.41) is 12.3. The molecule has 1 aliphatic rings. The van der Waals surface area contributed by atoms with E-state index in [1.807, 2.05) is 13.0 Å². The number of aromatic nitrogens is 2. The summed E-state index contributed by atoms with van der Waals surface area (Å²) >= 11 is 0. The van der Waals surface area contributed by atoms with Gasteiger partial charge in [-0.3, -0.25) is 14.3 Å². The van der Waals surface area contributed by atoms with Gasteiger partial charge in [-0.25, -0.2) is 4.79 Å². The molecule has 1 fully saturated rings. The molecule has 1 atom stereocenters. The van der Waals surface area contributed by atoms with Crippen LogP contribution in [0, 0.1) is 13.8 Å². The van der Waals surface area contributed by atoms with Crippen LogP contribution in [0.5, 0.6) is 0 Å². The number of aliphatic hydroxyl groups is 1. The van der Waals surface area contributed by atoms with Gasteiger partial charge in [0.05, 0.1) is 6.61 Å². The van der Waals surface area contributed by atoms with E-state index in [-0.39, 0.29) is 30.7 Å². The third-order valence-corrected chi connectivity index (χ3v) is 4.59. The molecule has 0 aliphatic carbocycles. The molecule has 1 aromatic heterocycles. The zero-order valence-corrected chi connectivity index (χ0v) is 14.6. The third kappa shape index (κ3) is 5.14. The number of nitrogens with one attached hydrogen (secondary N) is 1. The van der Waals surface area contributed by atoms with Crippen LogP contribution in [0.3, 0.4) is 0 Å². The van der Waals surface area contributed by atoms with Crippen LogP contribution in [0.25, 0.3) is 0 Å². The van der Waals surface area contributed by atoms with E-state index in [1.165, 1.54) is 4.57 Å². The minimum Gasteiger partial charge on any atom is -0.395 e. The number of hydrogen-bond acceptors (Lipinski definition) is 5. The predicted molar refractivity (Wildman–Crippen MR) is 91.9 cm³/mol. The highest BCUT2D eigenvalue weighted by Crippen LogP contribution is 2.15. The zero-order chi connectivity index (χ0) is 17.5. The molecule has 7 heteroatoms. The topological polar surface area (TPSA) is 87.5 Å². The molecule has 7 nitrogen and oxygen atoms in total. The monoisotopic (exact) mass is 336 g/mol. The van der Waals surface area contributed by atoms with Crippen LogP contribution in [0.1, 0.15) is 37.1 Å². The number of amides is 1. The van der Waals surface area contributed by atoms with Gasteiger partial charge in [-0.15, -0.1) is 0 Å². The Balaban J connectivity index is 1.75. The first-order valence-electron chi connectivity index (χ1n) is 8.68. The number of hydrogen-bond donors (Lipinski definition) is 2. The number of aliphatic hydroxyl groups excluding tert-OH is 1. The average Bonchev–Trinajstić information content (AvgIpc) is 2.54. The number of carbonyl (C=O) groups is 1. The Morgan fingerprint density at radius 2 is 2.17 bits per heavy atom. The Hall–Kier alpha value is -1.73. The van der Waals surface area contributed by atoms with Crippen molar-refractivity contribution in [1.29, 1.82) is 0 Å². The maximum Gasteiger partial charge on any atom is 0.347 e. The molecule has 0 unspecified atom stereocenters. The Morgan fingerprint density at radius 3 is 2.88 bits per heavy atom. The summed E-state index contributed by atoms with van der Waals surface area (Å²) in [6.07, 6.45) is 3.59. The Bertz CT molecular complexity index is 614. The van der Waals surface area contributed by atoms with E-state index in [9.17, 15) is 14.7 Å². The Morgan fingerprint density at radius 1 is 1.38 bits per heavy atom. The molecule has 0 saturated carbocycles. The first kappa shape index (κ1) is 18.6. The summed E-state index contributed by atoms with van der Waals surface area (Å²) < 4.78 is 1.53. The van der Waals surface area contributed by atoms with E-state index in [4.69, 9.17) is 0 Å². The molecule has 0 aromatic carbocycles. The third-order valence-electron chi connectivity index (χ3n) is 4.59. The molecule has 24 heavy (non-hydrogen) atoms. The number of rotatable bonds is 7. The van der Waals surface area contributed by atoms with Gasteiger partial charge in [0, 0.05) is 43.5 Å². The molecule has 2 rings (SSSR count). The van der Waals surface area contributed by atoms with Crippen molar-refractivity contribution in [2.24, 2.45) is 0 Å². The molecular weight excluding hydrogens is 308 g/mol. The summed E-state index contributed by atoms with van der Waals surface area (Å²) in [4.78, 5) is 30.0. The number of piperidine rings is 1. The lowest BCUT2D eigenvalue weighted by molar-refractivity contribution is -0.121. The number of aryl methyl sites for hydroxylation is 2. The van der Waals surface area contributed by atoms with Gasteiger partial charge in [0.1, 0.15) is 0 Å². The molecule has 134 valence electrons. The van der Waals surface area contributed by atoms with Crippen molar-refractivity contribution in [3.8, 4) is 0 Å². The fourth-order valence-electron chi connectivity index (χ4n) is 3.25. The SMILES string of the molecule is Cc1cc(C)n(CCC(=O)NCCN2CCCC[C@@H]2CO)c(=O)n1. The molecule has 0 spiro atoms. The lowest BCUT2D eigenvalue weighted by Gasteiger charge is -2.34. The second-order valence-electron chi connectivity index (χ2n) is 6.44. The van der Waals surface area contributed by atoms with Crippen LogP contribution in [0.4, 0.5) is 0 Å². The maximum atomic E-state index is 12.0. The van der Waals surface area contributed by atoms with Gasteiger partial charge in [-0.2, -0.15) is 4.98 Å². The van der Waals surface area contributed by atoms with Crippen LogP contribution in [-0.2, 0) is 11.3 Å². The van der Waals surface area contributed by atoms with Crippen LogP contribution < -0.4 is 11.0 Å². The number of nitrogens with zero attached hydrogens (tertiary/aromatic N) is 3. The fraction of sp³-hybridized carbons (Fsp3) is 0.706. The Labute approximate surface area is 142 Å². The average molecular weight is 336 g/mol. The van der Waals surface area contributed by atoms with Crippen molar-refractivity contribution in [2.75, 3.05) is 26.2 Å². The van der Waals surface area contributed by atoms with Gasteiger partial charge >= 0.3 is 5.69 Å². The van der Waals surface area contributed by atoms with Gasteiger partial charge in [0.25, 0.3) is 0 Å². The van der Waals surface area contributed by atoms with Gasteiger partial charge in [0.2, 0.25) is 5.91 Å². The molecule has 2 N–H and O–H groups in total. The minimum absolute atomic E-state index is 0.0700. The first-order chi connectivity index (χ1) is 11.5. The summed E-state index contributed by atoms with van der Waals surface area (Å²) in [7, 11) is 0. The highest BCUT2D eigenvalue weighted by molar-refractivity contribution is 5.75. The zero-order valence-electron chi connectivity index (χ0n) is 14.6. The van der Waals surface area contributed by atoms with E-state index < -0.39 is 0 Å². The summed E-state index contributed by atoms with van der Waals surface area (Å²) in [6, 6.07) is 2.06.